The Kier molecular flexibility index (Phi) is 6.18. The van der Waals surface area contributed by atoms with Gasteiger partial charge in [-0.25, -0.2) is 4.90 Å². The fourth-order valence-corrected chi connectivity index (χ4v) is 3.93. The number of imide groups is 1. The zero-order valence-corrected chi connectivity index (χ0v) is 19.1. The summed E-state index contributed by atoms with van der Waals surface area (Å²) in [5.74, 6) is 0.475. The highest BCUT2D eigenvalue weighted by molar-refractivity contribution is 6.46. The maximum Gasteiger partial charge on any atom is 0.282 e. The molecule has 1 aliphatic heterocycles. The van der Waals surface area contributed by atoms with E-state index >= 15 is 0 Å². The third-order valence-corrected chi connectivity index (χ3v) is 5.50. The van der Waals surface area contributed by atoms with Gasteiger partial charge in [0, 0.05) is 0 Å². The van der Waals surface area contributed by atoms with Gasteiger partial charge in [-0.3, -0.25) is 9.59 Å². The molecule has 0 saturated heterocycles. The topological polar surface area (TPSA) is 67.9 Å². The molecule has 2 amide bonds. The van der Waals surface area contributed by atoms with Crippen molar-refractivity contribution in [1.29, 1.82) is 0 Å². The number of hydrogen-bond acceptors (Lipinski definition) is 5. The normalized spacial score (nSPS) is 13.5. The number of ether oxygens (including phenoxy) is 2. The Balaban J connectivity index is 1.84. The summed E-state index contributed by atoms with van der Waals surface area (Å²) >= 11 is 0. The Hall–Kier alpha value is -4.06. The van der Waals surface area contributed by atoms with Crippen LogP contribution < -0.4 is 19.7 Å². The van der Waals surface area contributed by atoms with Gasteiger partial charge in [0.05, 0.1) is 30.7 Å². The van der Waals surface area contributed by atoms with Crippen molar-refractivity contribution < 1.29 is 19.1 Å². The number of rotatable bonds is 7. The van der Waals surface area contributed by atoms with Crippen molar-refractivity contribution in [3.63, 3.8) is 0 Å². The summed E-state index contributed by atoms with van der Waals surface area (Å²) in [7, 11) is 1.58. The van der Waals surface area contributed by atoms with Crippen LogP contribution in [-0.2, 0) is 9.59 Å². The first kappa shape index (κ1) is 22.1. The number of nitrogens with one attached hydrogen (secondary N) is 1. The number of benzene rings is 3. The molecular weight excluding hydrogens is 416 g/mol. The van der Waals surface area contributed by atoms with Crippen LogP contribution in [-0.4, -0.2) is 25.5 Å². The molecule has 6 heteroatoms. The molecule has 0 saturated carbocycles. The number of carbonyl (C=O) groups is 2. The zero-order chi connectivity index (χ0) is 23.5. The molecule has 1 N–H and O–H groups in total. The van der Waals surface area contributed by atoms with Crippen molar-refractivity contribution in [1.82, 2.24) is 0 Å². The lowest BCUT2D eigenvalue weighted by atomic mass is 10.0. The Morgan fingerprint density at radius 2 is 1.64 bits per heavy atom. The van der Waals surface area contributed by atoms with E-state index in [1.165, 1.54) is 4.90 Å². The molecule has 1 heterocycles. The third-order valence-electron chi connectivity index (χ3n) is 5.50. The fourth-order valence-electron chi connectivity index (χ4n) is 3.93. The number of carbonyl (C=O) groups excluding carboxylic acids is 2. The first-order chi connectivity index (χ1) is 15.9. The van der Waals surface area contributed by atoms with Crippen molar-refractivity contribution >= 4 is 28.8 Å². The summed E-state index contributed by atoms with van der Waals surface area (Å²) < 4.78 is 11.0. The van der Waals surface area contributed by atoms with Crippen LogP contribution in [0, 0.1) is 13.8 Å². The van der Waals surface area contributed by atoms with Crippen molar-refractivity contribution in [3.8, 4) is 11.5 Å². The lowest BCUT2D eigenvalue weighted by molar-refractivity contribution is -0.120. The minimum absolute atomic E-state index is 0.206. The van der Waals surface area contributed by atoms with Gasteiger partial charge >= 0.3 is 0 Å². The van der Waals surface area contributed by atoms with Crippen LogP contribution in [0.15, 0.2) is 72.4 Å². The fraction of sp³-hybridized carbons (Fsp3) is 0.185. The predicted molar refractivity (Wildman–Crippen MR) is 130 cm³/mol. The molecule has 4 rings (SSSR count). The highest BCUT2D eigenvalue weighted by Gasteiger charge is 2.41. The molecule has 3 aromatic rings. The molecule has 6 nitrogen and oxygen atoms in total. The molecule has 33 heavy (non-hydrogen) atoms. The van der Waals surface area contributed by atoms with Crippen molar-refractivity contribution in [2.24, 2.45) is 0 Å². The summed E-state index contributed by atoms with van der Waals surface area (Å²) in [5, 5.41) is 3.19. The second kappa shape index (κ2) is 9.20. The van der Waals surface area contributed by atoms with Crippen LogP contribution in [0.4, 0.5) is 11.4 Å². The van der Waals surface area contributed by atoms with E-state index in [4.69, 9.17) is 9.47 Å². The van der Waals surface area contributed by atoms with Gasteiger partial charge in [0.1, 0.15) is 17.2 Å². The molecule has 0 aromatic heterocycles. The number of anilines is 2. The van der Waals surface area contributed by atoms with Crippen molar-refractivity contribution in [3.05, 3.63) is 89.1 Å². The maximum absolute atomic E-state index is 13.7. The number of methoxy groups -OCH3 is 1. The number of hydrogen-bond donors (Lipinski definition) is 1. The first-order valence-electron chi connectivity index (χ1n) is 10.8. The van der Waals surface area contributed by atoms with Crippen molar-refractivity contribution in [2.45, 2.75) is 20.8 Å². The summed E-state index contributed by atoms with van der Waals surface area (Å²) in [6.07, 6.45) is 0. The molecule has 0 radical (unpaired) electrons. The van der Waals surface area contributed by atoms with E-state index in [0.29, 0.717) is 40.6 Å². The Morgan fingerprint density at radius 3 is 2.30 bits per heavy atom. The molecule has 0 unspecified atom stereocenters. The largest absolute Gasteiger partial charge is 0.497 e. The summed E-state index contributed by atoms with van der Waals surface area (Å²) in [4.78, 5) is 28.6. The van der Waals surface area contributed by atoms with Crippen LogP contribution in [0.2, 0.25) is 0 Å². The average Bonchev–Trinajstić information content (AvgIpc) is 3.05. The van der Waals surface area contributed by atoms with E-state index in [9.17, 15) is 9.59 Å². The number of amides is 2. The second-order valence-electron chi connectivity index (χ2n) is 7.77. The number of aryl methyl sites for hydroxylation is 2. The van der Waals surface area contributed by atoms with Crippen LogP contribution >= 0.6 is 0 Å². The van der Waals surface area contributed by atoms with E-state index < -0.39 is 5.91 Å². The highest BCUT2D eigenvalue weighted by atomic mass is 16.5. The number of para-hydroxylation sites is 2. The van der Waals surface area contributed by atoms with Crippen LogP contribution in [0.3, 0.4) is 0 Å². The van der Waals surface area contributed by atoms with Crippen LogP contribution in [0.1, 0.15) is 23.6 Å². The first-order valence-corrected chi connectivity index (χ1v) is 10.8. The Morgan fingerprint density at radius 1 is 0.909 bits per heavy atom. The minimum Gasteiger partial charge on any atom is -0.497 e. The molecule has 1 aliphatic rings. The predicted octanol–water partition coefficient (Wildman–Crippen LogP) is 5.11. The van der Waals surface area contributed by atoms with Crippen molar-refractivity contribution in [2.75, 3.05) is 23.9 Å². The molecule has 0 fully saturated rings. The van der Waals surface area contributed by atoms with Crippen LogP contribution in [0.5, 0.6) is 11.5 Å². The zero-order valence-electron chi connectivity index (χ0n) is 19.1. The van der Waals surface area contributed by atoms with Crippen LogP contribution in [0.25, 0.3) is 5.57 Å². The monoisotopic (exact) mass is 442 g/mol. The third kappa shape index (κ3) is 4.20. The molecular formula is C27H26N2O4. The molecule has 0 bridgehead atoms. The van der Waals surface area contributed by atoms with E-state index in [-0.39, 0.29) is 11.6 Å². The van der Waals surface area contributed by atoms with E-state index in [1.54, 1.807) is 31.4 Å². The standard InChI is InChI=1S/C27H26N2O4/c1-5-33-23-9-7-6-8-21(23)28-25-24(19-11-13-20(32-4)14-12-19)26(30)29(27(25)31)22-15-10-17(2)16-18(22)3/h6-16,28H,5H2,1-4H3. The summed E-state index contributed by atoms with van der Waals surface area (Å²) in [6, 6.07) is 20.1. The molecule has 3 aromatic carbocycles. The quantitative estimate of drug-likeness (QED) is 0.515. The molecule has 168 valence electrons. The summed E-state index contributed by atoms with van der Waals surface area (Å²) in [5.41, 5.74) is 4.22. The maximum atomic E-state index is 13.7. The molecule has 0 spiro atoms. The summed E-state index contributed by atoms with van der Waals surface area (Å²) in [6.45, 7) is 6.24. The van der Waals surface area contributed by atoms with Gasteiger partial charge < -0.3 is 14.8 Å². The van der Waals surface area contributed by atoms with Gasteiger partial charge in [-0.05, 0) is 62.2 Å². The lowest BCUT2D eigenvalue weighted by Crippen LogP contribution is -2.33. The van der Waals surface area contributed by atoms with Gasteiger partial charge in [-0.2, -0.15) is 0 Å². The smallest absolute Gasteiger partial charge is 0.282 e. The van der Waals surface area contributed by atoms with Gasteiger partial charge in [0.15, 0.2) is 0 Å². The Bertz CT molecular complexity index is 1250. The lowest BCUT2D eigenvalue weighted by Gasteiger charge is -2.18. The minimum atomic E-state index is -0.413. The van der Waals surface area contributed by atoms with E-state index in [2.05, 4.69) is 5.32 Å². The average molecular weight is 443 g/mol. The Labute approximate surface area is 193 Å². The SMILES string of the molecule is CCOc1ccccc1NC1=C(c2ccc(OC)cc2)C(=O)N(c2ccc(C)cc2C)C1=O. The van der Waals surface area contributed by atoms with E-state index in [0.717, 1.165) is 11.1 Å². The van der Waals surface area contributed by atoms with Gasteiger partial charge in [0.25, 0.3) is 11.8 Å². The number of nitrogens with zero attached hydrogens (tertiary/aromatic N) is 1. The van der Waals surface area contributed by atoms with Gasteiger partial charge in [-0.1, -0.05) is 42.0 Å². The van der Waals surface area contributed by atoms with Gasteiger partial charge in [-0.15, -0.1) is 0 Å². The highest BCUT2D eigenvalue weighted by Crippen LogP contribution is 2.37. The second-order valence-corrected chi connectivity index (χ2v) is 7.77. The molecule has 0 atom stereocenters. The molecule has 0 aliphatic carbocycles. The van der Waals surface area contributed by atoms with E-state index in [1.807, 2.05) is 63.2 Å². The van der Waals surface area contributed by atoms with Gasteiger partial charge in [0.2, 0.25) is 0 Å².